The van der Waals surface area contributed by atoms with E-state index in [2.05, 4.69) is 40.7 Å². The first-order valence-electron chi connectivity index (χ1n) is 13.1. The molecule has 0 aliphatic carbocycles. The fourth-order valence-corrected chi connectivity index (χ4v) is 7.00. The van der Waals surface area contributed by atoms with Gasteiger partial charge in [-0.25, -0.2) is 9.78 Å². The highest BCUT2D eigenvalue weighted by Gasteiger charge is 2.38. The first-order chi connectivity index (χ1) is 18.4. The number of rotatable bonds is 6. The third-order valence-electron chi connectivity index (χ3n) is 7.17. The van der Waals surface area contributed by atoms with Crippen LogP contribution >= 0.6 is 23.4 Å². The molecule has 1 N–H and O–H groups in total. The fourth-order valence-electron chi connectivity index (χ4n) is 5.33. The molecular weight excluding hydrogens is 530 g/mol. The summed E-state index contributed by atoms with van der Waals surface area (Å²) in [7, 11) is 2.03. The molecule has 0 spiro atoms. The van der Waals surface area contributed by atoms with Crippen molar-refractivity contribution in [3.8, 4) is 11.1 Å². The maximum atomic E-state index is 12.7. The molecule has 0 saturated carbocycles. The zero-order valence-corrected chi connectivity index (χ0v) is 24.9. The van der Waals surface area contributed by atoms with Crippen molar-refractivity contribution in [2.45, 2.75) is 63.5 Å². The summed E-state index contributed by atoms with van der Waals surface area (Å²) in [5, 5.41) is 11.0. The normalized spacial score (nSPS) is 16.1. The molecule has 0 amide bonds. The van der Waals surface area contributed by atoms with Gasteiger partial charge in [0.05, 0.1) is 22.3 Å². The number of hydrogen-bond acceptors (Lipinski definition) is 5. The van der Waals surface area contributed by atoms with Gasteiger partial charge in [-0.15, -0.1) is 0 Å². The predicted molar refractivity (Wildman–Crippen MR) is 160 cm³/mol. The fraction of sp³-hybridized carbons (Fsp3) is 0.355. The predicted octanol–water partition coefficient (Wildman–Crippen LogP) is 8.08. The Labute approximate surface area is 238 Å². The highest BCUT2D eigenvalue weighted by molar-refractivity contribution is 8.00. The van der Waals surface area contributed by atoms with E-state index in [4.69, 9.17) is 21.3 Å². The molecular formula is C31H34ClN3O3S. The number of nitrogens with zero attached hydrogens (tertiary/aromatic N) is 3. The molecule has 0 fully saturated rings. The Morgan fingerprint density at radius 3 is 2.46 bits per heavy atom. The van der Waals surface area contributed by atoms with Gasteiger partial charge in [-0.2, -0.15) is 0 Å². The van der Waals surface area contributed by atoms with Crippen molar-refractivity contribution in [1.82, 2.24) is 9.55 Å². The topological polar surface area (TPSA) is 67.6 Å². The number of halogens is 1. The van der Waals surface area contributed by atoms with Crippen LogP contribution in [0.4, 0.5) is 5.69 Å². The number of carboxylic acid groups (broad SMARTS) is 1. The SMILES string of the molecule is CCN1c2cc(C)c(C(OC(C)(C)C)C(=O)O)c(-c3ccc(Cl)cc3)c2SC1c1ccc2c(c1)nc(C)n2C. The summed E-state index contributed by atoms with van der Waals surface area (Å²) >= 11 is 8.00. The van der Waals surface area contributed by atoms with Gasteiger partial charge in [-0.3, -0.25) is 0 Å². The smallest absolute Gasteiger partial charge is 0.337 e. The van der Waals surface area contributed by atoms with Crippen molar-refractivity contribution < 1.29 is 14.6 Å². The molecule has 1 aliphatic heterocycles. The maximum Gasteiger partial charge on any atom is 0.337 e. The van der Waals surface area contributed by atoms with Crippen molar-refractivity contribution in [2.75, 3.05) is 11.4 Å². The number of hydrogen-bond donors (Lipinski definition) is 1. The lowest BCUT2D eigenvalue weighted by Crippen LogP contribution is -2.28. The standard InChI is InChI=1S/C31H34ClN3O3S/c1-8-35-24-15-17(2)25(27(30(36)37)38-31(4,5)6)26(19-9-12-21(32)13-10-19)28(24)39-29(35)20-11-14-23-22(16-20)33-18(3)34(23)7/h9-16,27,29H,8H2,1-7H3,(H,36,37). The molecule has 0 saturated heterocycles. The monoisotopic (exact) mass is 563 g/mol. The molecule has 204 valence electrons. The van der Waals surface area contributed by atoms with Crippen LogP contribution in [0.1, 0.15) is 61.7 Å². The van der Waals surface area contributed by atoms with E-state index in [1.54, 1.807) is 11.8 Å². The van der Waals surface area contributed by atoms with Gasteiger partial charge in [0.1, 0.15) is 11.2 Å². The number of fused-ring (bicyclic) bond motifs is 2. The third kappa shape index (κ3) is 5.04. The summed E-state index contributed by atoms with van der Waals surface area (Å²) in [5.74, 6) is -0.0354. The Bertz CT molecular complexity index is 1570. The molecule has 6 nitrogen and oxygen atoms in total. The number of aliphatic carboxylic acids is 1. The van der Waals surface area contributed by atoms with Crippen LogP contribution in [0.5, 0.6) is 0 Å². The number of carboxylic acids is 1. The Balaban J connectivity index is 1.72. The number of aromatic nitrogens is 2. The molecule has 8 heteroatoms. The lowest BCUT2D eigenvalue weighted by molar-refractivity contribution is -0.160. The zero-order chi connectivity index (χ0) is 28.2. The van der Waals surface area contributed by atoms with Gasteiger partial charge in [0.2, 0.25) is 0 Å². The van der Waals surface area contributed by atoms with Crippen molar-refractivity contribution >= 4 is 46.1 Å². The average Bonchev–Trinajstić information content (AvgIpc) is 3.37. The minimum absolute atomic E-state index is 0.0178. The second-order valence-corrected chi connectivity index (χ2v) is 12.5. The third-order valence-corrected chi connectivity index (χ3v) is 8.83. The lowest BCUT2D eigenvalue weighted by Gasteiger charge is -2.29. The van der Waals surface area contributed by atoms with Crippen LogP contribution in [-0.4, -0.2) is 32.8 Å². The van der Waals surface area contributed by atoms with Gasteiger partial charge in [0.25, 0.3) is 0 Å². The van der Waals surface area contributed by atoms with Crippen LogP contribution in [0.3, 0.4) is 0 Å². The summed E-state index contributed by atoms with van der Waals surface area (Å²) in [6, 6.07) is 16.2. The number of thioether (sulfide) groups is 1. The molecule has 0 bridgehead atoms. The molecule has 2 heterocycles. The largest absolute Gasteiger partial charge is 0.479 e. The van der Waals surface area contributed by atoms with E-state index in [0.29, 0.717) is 10.6 Å². The minimum atomic E-state index is -1.12. The first-order valence-corrected chi connectivity index (χ1v) is 14.4. The van der Waals surface area contributed by atoms with E-state index in [1.165, 1.54) is 0 Å². The van der Waals surface area contributed by atoms with Crippen LogP contribution in [-0.2, 0) is 16.6 Å². The number of carbonyl (C=O) groups is 1. The van der Waals surface area contributed by atoms with Gasteiger partial charge in [0.15, 0.2) is 6.10 Å². The van der Waals surface area contributed by atoms with Gasteiger partial charge >= 0.3 is 5.97 Å². The summed E-state index contributed by atoms with van der Waals surface area (Å²) in [6.45, 7) is 12.6. The Morgan fingerprint density at radius 2 is 1.85 bits per heavy atom. The van der Waals surface area contributed by atoms with Crippen LogP contribution in [0.2, 0.25) is 5.02 Å². The molecule has 2 atom stereocenters. The van der Waals surface area contributed by atoms with Gasteiger partial charge in [0, 0.05) is 34.6 Å². The molecule has 2 unspecified atom stereocenters. The van der Waals surface area contributed by atoms with E-state index in [9.17, 15) is 9.90 Å². The Kier molecular flexibility index (Phi) is 7.20. The second-order valence-electron chi connectivity index (χ2n) is 11.0. The van der Waals surface area contributed by atoms with Crippen molar-refractivity contribution in [3.05, 3.63) is 76.1 Å². The average molecular weight is 564 g/mol. The number of aryl methyl sites for hydroxylation is 3. The molecule has 5 rings (SSSR count). The first kappa shape index (κ1) is 27.6. The quantitative estimate of drug-likeness (QED) is 0.256. The minimum Gasteiger partial charge on any atom is -0.479 e. The number of anilines is 1. The maximum absolute atomic E-state index is 12.7. The molecule has 39 heavy (non-hydrogen) atoms. The molecule has 4 aromatic rings. The molecule has 0 radical (unpaired) electrons. The summed E-state index contributed by atoms with van der Waals surface area (Å²) in [5.41, 5.74) is 7.04. The summed E-state index contributed by atoms with van der Waals surface area (Å²) in [4.78, 5) is 20.8. The van der Waals surface area contributed by atoms with Gasteiger partial charge < -0.3 is 19.3 Å². The number of benzene rings is 3. The van der Waals surface area contributed by atoms with Crippen LogP contribution in [0.15, 0.2) is 53.4 Å². The van der Waals surface area contributed by atoms with Crippen molar-refractivity contribution in [3.63, 3.8) is 0 Å². The van der Waals surface area contributed by atoms with Crippen LogP contribution in [0.25, 0.3) is 22.2 Å². The zero-order valence-electron chi connectivity index (χ0n) is 23.4. The van der Waals surface area contributed by atoms with Crippen molar-refractivity contribution in [1.29, 1.82) is 0 Å². The molecule has 1 aromatic heterocycles. The Hall–Kier alpha value is -3.00. The van der Waals surface area contributed by atoms with Crippen LogP contribution in [0, 0.1) is 13.8 Å². The van der Waals surface area contributed by atoms with E-state index in [1.807, 2.05) is 65.9 Å². The van der Waals surface area contributed by atoms with E-state index >= 15 is 0 Å². The number of ether oxygens (including phenoxy) is 1. The van der Waals surface area contributed by atoms with E-state index in [-0.39, 0.29) is 5.37 Å². The summed E-state index contributed by atoms with van der Waals surface area (Å²) in [6.07, 6.45) is -1.12. The van der Waals surface area contributed by atoms with Crippen molar-refractivity contribution in [2.24, 2.45) is 7.05 Å². The van der Waals surface area contributed by atoms with E-state index in [0.717, 1.165) is 56.2 Å². The lowest BCUT2D eigenvalue weighted by atomic mass is 9.90. The van der Waals surface area contributed by atoms with Gasteiger partial charge in [-0.1, -0.05) is 41.6 Å². The number of imidazole rings is 1. The van der Waals surface area contributed by atoms with E-state index < -0.39 is 17.7 Å². The highest BCUT2D eigenvalue weighted by Crippen LogP contribution is 2.57. The molecule has 3 aromatic carbocycles. The highest BCUT2D eigenvalue weighted by atomic mass is 35.5. The Morgan fingerprint density at radius 1 is 1.15 bits per heavy atom. The van der Waals surface area contributed by atoms with Crippen LogP contribution < -0.4 is 4.90 Å². The summed E-state index contributed by atoms with van der Waals surface area (Å²) < 4.78 is 8.28. The molecule has 1 aliphatic rings. The van der Waals surface area contributed by atoms with Gasteiger partial charge in [-0.05, 0) is 88.6 Å². The second kappa shape index (κ2) is 10.2.